The molecule has 11 nitrogen and oxygen atoms in total. The Balaban J connectivity index is 2.04. The molecule has 0 aliphatic rings. The Bertz CT molecular complexity index is 1670. The zero-order chi connectivity index (χ0) is 32.3. The summed E-state index contributed by atoms with van der Waals surface area (Å²) in [6.45, 7) is 9.48. The molecule has 0 saturated heterocycles. The highest BCUT2D eigenvalue weighted by Gasteiger charge is 2.29. The van der Waals surface area contributed by atoms with Crippen LogP contribution in [-0.2, 0) is 22.9 Å². The minimum absolute atomic E-state index is 0.110. The smallest absolute Gasteiger partial charge is 0.347 e. The summed E-state index contributed by atoms with van der Waals surface area (Å²) in [5.74, 6) is -2.61. The maximum Gasteiger partial charge on any atom is 0.405 e. The predicted molar refractivity (Wildman–Crippen MR) is 157 cm³/mol. The molecule has 0 saturated carbocycles. The molecule has 43 heavy (non-hydrogen) atoms. The lowest BCUT2D eigenvalue weighted by atomic mass is 9.90. The van der Waals surface area contributed by atoms with Crippen molar-refractivity contribution >= 4 is 29.4 Å². The van der Waals surface area contributed by atoms with Gasteiger partial charge in [-0.3, -0.25) is 19.1 Å². The van der Waals surface area contributed by atoms with Gasteiger partial charge in [0.2, 0.25) is 5.91 Å². The van der Waals surface area contributed by atoms with E-state index in [1.165, 1.54) is 43.6 Å². The molecule has 230 valence electrons. The van der Waals surface area contributed by atoms with Crippen LogP contribution in [0, 0.1) is 12.7 Å². The molecule has 0 aliphatic carbocycles. The van der Waals surface area contributed by atoms with Crippen molar-refractivity contribution < 1.29 is 28.9 Å². The first-order chi connectivity index (χ1) is 20.0. The fraction of sp³-hybridized carbons (Fsp3) is 0.345. The Labute approximate surface area is 251 Å². The molecule has 1 aromatic carbocycles. The van der Waals surface area contributed by atoms with E-state index in [1.807, 2.05) is 0 Å². The van der Waals surface area contributed by atoms with Crippen molar-refractivity contribution in [3.63, 3.8) is 0 Å². The van der Waals surface area contributed by atoms with Crippen molar-refractivity contribution in [3.8, 4) is 0 Å². The lowest BCUT2D eigenvalue weighted by Crippen LogP contribution is -2.40. The summed E-state index contributed by atoms with van der Waals surface area (Å²) < 4.78 is 32.7. The van der Waals surface area contributed by atoms with Crippen molar-refractivity contribution in [2.75, 3.05) is 0 Å². The monoisotopic (exact) mass is 618 g/mol. The van der Waals surface area contributed by atoms with Crippen LogP contribution >= 0.6 is 11.6 Å². The molecule has 0 spiro atoms. The quantitative estimate of drug-likeness (QED) is 0.200. The number of aliphatic hydroxyl groups is 3. The Kier molecular flexibility index (Phi) is 10.2. The highest BCUT2D eigenvalue weighted by Crippen LogP contribution is 2.29. The van der Waals surface area contributed by atoms with Gasteiger partial charge in [0.25, 0.3) is 5.56 Å². The van der Waals surface area contributed by atoms with Gasteiger partial charge in [0.05, 0.1) is 23.6 Å². The summed E-state index contributed by atoms with van der Waals surface area (Å²) in [5, 5.41) is 37.5. The van der Waals surface area contributed by atoms with E-state index in [-0.39, 0.29) is 39.9 Å². The third kappa shape index (κ3) is 7.68. The van der Waals surface area contributed by atoms with Crippen LogP contribution in [0.25, 0.3) is 6.20 Å². The number of hydrogen-bond acceptors (Lipinski definition) is 8. The van der Waals surface area contributed by atoms with E-state index in [0.717, 1.165) is 10.8 Å². The number of carbonyl (C=O) groups is 1. The number of aromatic nitrogens is 4. The van der Waals surface area contributed by atoms with Crippen LogP contribution in [0.5, 0.6) is 0 Å². The summed E-state index contributed by atoms with van der Waals surface area (Å²) in [6.07, 6.45) is 1.79. The molecule has 1 unspecified atom stereocenters. The molecule has 3 aromatic rings. The van der Waals surface area contributed by atoms with E-state index in [0.29, 0.717) is 16.1 Å². The minimum Gasteiger partial charge on any atom is -0.347 e. The molecule has 1 amide bonds. The maximum absolute atomic E-state index is 15.9. The van der Waals surface area contributed by atoms with E-state index in [2.05, 4.69) is 20.5 Å². The number of aryl methyl sites for hydroxylation is 1. The number of hydrogen-bond donors (Lipinski definition) is 4. The van der Waals surface area contributed by atoms with Gasteiger partial charge in [-0.1, -0.05) is 41.5 Å². The number of pyridine rings is 1. The van der Waals surface area contributed by atoms with Gasteiger partial charge >= 0.3 is 6.10 Å². The SMILES string of the molecule is C/C=C/N=C(/C(F)=C/n1c(C)cc(C(C)Cc2cnn(C(O)(O)O)n2)c(Cl)c1=O)c1cccc(C(C)(C)NC(C)=O)c1F. The van der Waals surface area contributed by atoms with E-state index < -0.39 is 34.8 Å². The fourth-order valence-corrected chi connectivity index (χ4v) is 4.84. The molecule has 2 aromatic heterocycles. The lowest BCUT2D eigenvalue weighted by Gasteiger charge is -2.27. The number of allylic oxidation sites excluding steroid dienone is 2. The number of nitrogens with zero attached hydrogens (tertiary/aromatic N) is 5. The zero-order valence-electron chi connectivity index (χ0n) is 24.4. The number of aliphatic imine (C=N–C) groups is 1. The Morgan fingerprint density at radius 2 is 1.95 bits per heavy atom. The number of carbonyl (C=O) groups excluding carboxylic acids is 1. The average Bonchev–Trinajstić information content (AvgIpc) is 3.38. The molecular formula is C29H33ClF2N6O5. The summed E-state index contributed by atoms with van der Waals surface area (Å²) in [6, 6.07) is 5.92. The Hall–Kier alpha value is -4.04. The molecule has 1 atom stereocenters. The Morgan fingerprint density at radius 3 is 2.53 bits per heavy atom. The van der Waals surface area contributed by atoms with Gasteiger partial charge in [-0.2, -0.15) is 10.2 Å². The van der Waals surface area contributed by atoms with Crippen LogP contribution in [0.4, 0.5) is 8.78 Å². The Morgan fingerprint density at radius 1 is 1.28 bits per heavy atom. The molecule has 0 fully saturated rings. The highest BCUT2D eigenvalue weighted by molar-refractivity contribution is 6.31. The first kappa shape index (κ1) is 33.5. The lowest BCUT2D eigenvalue weighted by molar-refractivity contribution is -0.387. The van der Waals surface area contributed by atoms with Crippen LogP contribution in [0.3, 0.4) is 0 Å². The van der Waals surface area contributed by atoms with Crippen LogP contribution < -0.4 is 10.9 Å². The van der Waals surface area contributed by atoms with Crippen molar-refractivity contribution in [2.45, 2.75) is 65.5 Å². The zero-order valence-corrected chi connectivity index (χ0v) is 25.2. The number of benzene rings is 1. The topological polar surface area (TPSA) is 155 Å². The number of nitrogens with one attached hydrogen (secondary N) is 1. The first-order valence-corrected chi connectivity index (χ1v) is 13.5. The van der Waals surface area contributed by atoms with E-state index in [4.69, 9.17) is 11.6 Å². The summed E-state index contributed by atoms with van der Waals surface area (Å²) in [5.41, 5.74) is -1.32. The third-order valence-corrected chi connectivity index (χ3v) is 6.88. The third-order valence-electron chi connectivity index (χ3n) is 6.50. The minimum atomic E-state index is -3.27. The second kappa shape index (κ2) is 13.1. The molecule has 2 heterocycles. The van der Waals surface area contributed by atoms with E-state index in [1.54, 1.807) is 40.7 Å². The van der Waals surface area contributed by atoms with E-state index in [9.17, 15) is 24.9 Å². The number of halogens is 3. The maximum atomic E-state index is 15.9. The van der Waals surface area contributed by atoms with Crippen LogP contribution in [-0.4, -0.2) is 46.5 Å². The molecule has 4 N–H and O–H groups in total. The van der Waals surface area contributed by atoms with E-state index >= 15 is 8.78 Å². The predicted octanol–water partition coefficient (Wildman–Crippen LogP) is 3.59. The molecule has 0 aliphatic heterocycles. The summed E-state index contributed by atoms with van der Waals surface area (Å²) in [7, 11) is 0. The van der Waals surface area contributed by atoms with Gasteiger partial charge in [0.1, 0.15) is 16.6 Å². The molecule has 14 heteroatoms. The van der Waals surface area contributed by atoms with Crippen molar-refractivity contribution in [2.24, 2.45) is 4.99 Å². The van der Waals surface area contributed by atoms with Crippen LogP contribution in [0.15, 0.2) is 58.4 Å². The van der Waals surface area contributed by atoms with Crippen LogP contribution in [0.2, 0.25) is 5.02 Å². The largest absolute Gasteiger partial charge is 0.405 e. The second-order valence-electron chi connectivity index (χ2n) is 10.5. The fourth-order valence-electron chi connectivity index (χ4n) is 4.51. The van der Waals surface area contributed by atoms with Gasteiger partial charge in [-0.05, 0) is 57.7 Å². The van der Waals surface area contributed by atoms with Gasteiger partial charge in [-0.25, -0.2) is 8.78 Å². The summed E-state index contributed by atoms with van der Waals surface area (Å²) >= 11 is 6.43. The number of rotatable bonds is 10. The van der Waals surface area contributed by atoms with Crippen molar-refractivity contribution in [1.82, 2.24) is 24.9 Å². The second-order valence-corrected chi connectivity index (χ2v) is 10.8. The van der Waals surface area contributed by atoms with Gasteiger partial charge in [0.15, 0.2) is 5.83 Å². The summed E-state index contributed by atoms with van der Waals surface area (Å²) in [4.78, 5) is 29.4. The highest BCUT2D eigenvalue weighted by atomic mass is 35.5. The van der Waals surface area contributed by atoms with Gasteiger partial charge < -0.3 is 20.6 Å². The number of amides is 1. The molecule has 0 radical (unpaired) electrons. The van der Waals surface area contributed by atoms with Crippen LogP contribution in [0.1, 0.15) is 68.6 Å². The normalized spacial score (nSPS) is 14.0. The van der Waals surface area contributed by atoms with Gasteiger partial charge in [0, 0.05) is 29.9 Å². The molecular weight excluding hydrogens is 586 g/mol. The average molecular weight is 619 g/mol. The standard InChI is InChI=1S/C29H33ClF2N6O5/c1-7-11-33-26(20-9-8-10-22(25(20)32)28(5,6)35-18(4)39)23(31)15-37-17(3)13-21(24(30)27(37)40)16(2)12-19-14-34-38(36-19)29(41,42)43/h7-11,13-16,41-43H,12H2,1-6H3,(H,35,39)/b11-7+,23-15-,33-26+. The first-order valence-electron chi connectivity index (χ1n) is 13.1. The van der Waals surface area contributed by atoms with Gasteiger partial charge in [-0.15, -0.1) is 0 Å². The molecule has 3 rings (SSSR count). The van der Waals surface area contributed by atoms with Crippen molar-refractivity contribution in [3.05, 3.63) is 97.8 Å². The van der Waals surface area contributed by atoms with Crippen molar-refractivity contribution in [1.29, 1.82) is 0 Å². The molecule has 0 bridgehead atoms.